The molecule has 1 heterocycles. The summed E-state index contributed by atoms with van der Waals surface area (Å²) in [7, 11) is 0. The number of anilines is 1. The van der Waals surface area contributed by atoms with E-state index in [9.17, 15) is 0 Å². The van der Waals surface area contributed by atoms with Crippen molar-refractivity contribution in [1.82, 2.24) is 4.98 Å². The van der Waals surface area contributed by atoms with Gasteiger partial charge in [0, 0.05) is 4.88 Å². The zero-order valence-corrected chi connectivity index (χ0v) is 12.4. The first-order chi connectivity index (χ1) is 9.01. The molecule has 0 saturated heterocycles. The van der Waals surface area contributed by atoms with Crippen LogP contribution in [-0.4, -0.2) is 4.98 Å². The Morgan fingerprint density at radius 1 is 1.32 bits per heavy atom. The molecule has 0 aliphatic rings. The summed E-state index contributed by atoms with van der Waals surface area (Å²) in [6.07, 6.45) is 0. The van der Waals surface area contributed by atoms with Crippen molar-refractivity contribution in [1.29, 1.82) is 5.26 Å². The van der Waals surface area contributed by atoms with Gasteiger partial charge in [0.05, 0.1) is 28.0 Å². The van der Waals surface area contributed by atoms with E-state index in [0.717, 1.165) is 22.0 Å². The van der Waals surface area contributed by atoms with Crippen LogP contribution in [0.1, 0.15) is 39.7 Å². The van der Waals surface area contributed by atoms with Crippen LogP contribution in [0, 0.1) is 32.1 Å². The highest BCUT2D eigenvalue weighted by atomic mass is 32.1. The third kappa shape index (κ3) is 2.94. The fourth-order valence-electron chi connectivity index (χ4n) is 2.12. The number of nitrogens with one attached hydrogen (secondary N) is 1. The number of benzene rings is 1. The first kappa shape index (κ1) is 13.6. The predicted octanol–water partition coefficient (Wildman–Crippen LogP) is 4.11. The third-order valence-corrected chi connectivity index (χ3v) is 4.26. The van der Waals surface area contributed by atoms with E-state index in [0.29, 0.717) is 5.56 Å². The van der Waals surface area contributed by atoms with Crippen LogP contribution in [0.15, 0.2) is 18.2 Å². The molecule has 1 atom stereocenters. The highest BCUT2D eigenvalue weighted by Gasteiger charge is 2.14. The lowest BCUT2D eigenvalue weighted by Crippen LogP contribution is -2.07. The van der Waals surface area contributed by atoms with E-state index in [-0.39, 0.29) is 6.04 Å². The lowest BCUT2D eigenvalue weighted by molar-refractivity contribution is 0.888. The maximum Gasteiger partial charge on any atom is 0.101 e. The Morgan fingerprint density at radius 3 is 2.63 bits per heavy atom. The van der Waals surface area contributed by atoms with Gasteiger partial charge in [-0.05, 0) is 45.4 Å². The number of hydrogen-bond donors (Lipinski definition) is 1. The van der Waals surface area contributed by atoms with Crippen LogP contribution in [0.2, 0.25) is 0 Å². The van der Waals surface area contributed by atoms with Crippen LogP contribution in [0.3, 0.4) is 0 Å². The average Bonchev–Trinajstić information content (AvgIpc) is 2.69. The van der Waals surface area contributed by atoms with Crippen molar-refractivity contribution < 1.29 is 0 Å². The minimum absolute atomic E-state index is 0.153. The Bertz CT molecular complexity index is 637. The van der Waals surface area contributed by atoms with Crippen molar-refractivity contribution in [3.63, 3.8) is 0 Å². The lowest BCUT2D eigenvalue weighted by Gasteiger charge is -2.16. The number of nitrogens with zero attached hydrogens (tertiary/aromatic N) is 2. The van der Waals surface area contributed by atoms with Crippen molar-refractivity contribution in [2.45, 2.75) is 33.7 Å². The molecule has 0 radical (unpaired) electrons. The Hall–Kier alpha value is -1.86. The average molecular weight is 271 g/mol. The highest BCUT2D eigenvalue weighted by molar-refractivity contribution is 7.11. The van der Waals surface area contributed by atoms with E-state index in [1.165, 1.54) is 4.88 Å². The normalized spacial score (nSPS) is 11.9. The lowest BCUT2D eigenvalue weighted by atomic mass is 10.1. The summed E-state index contributed by atoms with van der Waals surface area (Å²) in [5.41, 5.74) is 3.77. The van der Waals surface area contributed by atoms with Gasteiger partial charge in [0.15, 0.2) is 0 Å². The molecule has 3 nitrogen and oxygen atoms in total. The molecular weight excluding hydrogens is 254 g/mol. The summed E-state index contributed by atoms with van der Waals surface area (Å²) in [6.45, 7) is 8.17. The van der Waals surface area contributed by atoms with E-state index in [2.05, 4.69) is 23.3 Å². The number of thiazole rings is 1. The van der Waals surface area contributed by atoms with Crippen molar-refractivity contribution in [3.05, 3.63) is 44.9 Å². The van der Waals surface area contributed by atoms with Crippen molar-refractivity contribution in [3.8, 4) is 6.07 Å². The molecule has 0 aliphatic carbocycles. The molecule has 0 spiro atoms. The quantitative estimate of drug-likeness (QED) is 0.913. The van der Waals surface area contributed by atoms with Crippen molar-refractivity contribution in [2.75, 3.05) is 5.32 Å². The molecular formula is C15H17N3S. The minimum atomic E-state index is 0.153. The molecule has 0 saturated carbocycles. The summed E-state index contributed by atoms with van der Waals surface area (Å²) >= 11 is 1.70. The number of aryl methyl sites for hydroxylation is 3. The number of hydrogen-bond acceptors (Lipinski definition) is 4. The molecule has 19 heavy (non-hydrogen) atoms. The third-order valence-electron chi connectivity index (χ3n) is 3.00. The number of nitriles is 1. The summed E-state index contributed by atoms with van der Waals surface area (Å²) in [5.74, 6) is 0. The Balaban J connectivity index is 2.29. The number of aromatic nitrogens is 1. The second kappa shape index (κ2) is 5.41. The van der Waals surface area contributed by atoms with Gasteiger partial charge in [-0.1, -0.05) is 6.07 Å². The van der Waals surface area contributed by atoms with Gasteiger partial charge in [-0.3, -0.25) is 0 Å². The SMILES string of the molecule is Cc1ccc(C#N)c(NC(C)c2sc(C)nc2C)c1. The van der Waals surface area contributed by atoms with E-state index < -0.39 is 0 Å². The van der Waals surface area contributed by atoms with Gasteiger partial charge < -0.3 is 5.32 Å². The van der Waals surface area contributed by atoms with Crippen LogP contribution in [0.4, 0.5) is 5.69 Å². The molecule has 4 heteroatoms. The Morgan fingerprint density at radius 2 is 2.05 bits per heavy atom. The molecule has 1 aromatic heterocycles. The van der Waals surface area contributed by atoms with Crippen molar-refractivity contribution in [2.24, 2.45) is 0 Å². The minimum Gasteiger partial charge on any atom is -0.377 e. The van der Waals surface area contributed by atoms with Crippen LogP contribution in [-0.2, 0) is 0 Å². The van der Waals surface area contributed by atoms with E-state index in [4.69, 9.17) is 5.26 Å². The van der Waals surface area contributed by atoms with E-state index in [1.807, 2.05) is 39.0 Å². The predicted molar refractivity (Wildman–Crippen MR) is 79.5 cm³/mol. The summed E-state index contributed by atoms with van der Waals surface area (Å²) < 4.78 is 0. The highest BCUT2D eigenvalue weighted by Crippen LogP contribution is 2.29. The van der Waals surface area contributed by atoms with Gasteiger partial charge in [-0.15, -0.1) is 11.3 Å². The maximum atomic E-state index is 9.15. The first-order valence-corrected chi connectivity index (χ1v) is 7.04. The smallest absolute Gasteiger partial charge is 0.101 e. The zero-order valence-electron chi connectivity index (χ0n) is 11.6. The summed E-state index contributed by atoms with van der Waals surface area (Å²) in [4.78, 5) is 5.67. The van der Waals surface area contributed by atoms with Crippen LogP contribution < -0.4 is 5.32 Å². The fraction of sp³-hybridized carbons (Fsp3) is 0.333. The fourth-order valence-corrected chi connectivity index (χ4v) is 3.05. The molecule has 2 rings (SSSR count). The van der Waals surface area contributed by atoms with Crippen LogP contribution >= 0.6 is 11.3 Å². The molecule has 1 unspecified atom stereocenters. The second-order valence-corrected chi connectivity index (χ2v) is 5.94. The molecule has 0 amide bonds. The van der Waals surface area contributed by atoms with E-state index >= 15 is 0 Å². The molecule has 98 valence electrons. The Labute approximate surface area is 117 Å². The van der Waals surface area contributed by atoms with Crippen LogP contribution in [0.5, 0.6) is 0 Å². The van der Waals surface area contributed by atoms with Gasteiger partial charge >= 0.3 is 0 Å². The van der Waals surface area contributed by atoms with Gasteiger partial charge in [-0.2, -0.15) is 5.26 Å². The van der Waals surface area contributed by atoms with Gasteiger partial charge in [0.2, 0.25) is 0 Å². The summed E-state index contributed by atoms with van der Waals surface area (Å²) in [6, 6.07) is 8.20. The second-order valence-electron chi connectivity index (χ2n) is 4.71. The number of rotatable bonds is 3. The van der Waals surface area contributed by atoms with E-state index in [1.54, 1.807) is 11.3 Å². The Kier molecular flexibility index (Phi) is 3.87. The van der Waals surface area contributed by atoms with Gasteiger partial charge in [0.1, 0.15) is 6.07 Å². The molecule has 2 aromatic rings. The van der Waals surface area contributed by atoms with Gasteiger partial charge in [0.25, 0.3) is 0 Å². The molecule has 0 fully saturated rings. The monoisotopic (exact) mass is 271 g/mol. The zero-order chi connectivity index (χ0) is 14.0. The summed E-state index contributed by atoms with van der Waals surface area (Å²) in [5, 5.41) is 13.6. The maximum absolute atomic E-state index is 9.15. The molecule has 1 aromatic carbocycles. The molecule has 0 bridgehead atoms. The topological polar surface area (TPSA) is 48.7 Å². The molecule has 1 N–H and O–H groups in total. The largest absolute Gasteiger partial charge is 0.377 e. The standard InChI is InChI=1S/C15H17N3S/c1-9-5-6-13(8-16)14(7-9)18-11(3)15-10(2)17-12(4)19-15/h5-7,11,18H,1-4H3. The first-order valence-electron chi connectivity index (χ1n) is 6.22. The molecule has 0 aliphatic heterocycles. The van der Waals surface area contributed by atoms with Gasteiger partial charge in [-0.25, -0.2) is 4.98 Å². The van der Waals surface area contributed by atoms with Crippen LogP contribution in [0.25, 0.3) is 0 Å². The van der Waals surface area contributed by atoms with Crippen molar-refractivity contribution >= 4 is 17.0 Å².